The van der Waals surface area contributed by atoms with Crippen LogP contribution in [0.5, 0.6) is 0 Å². The average molecular weight is 284 g/mol. The summed E-state index contributed by atoms with van der Waals surface area (Å²) in [4.78, 5) is 0. The molecule has 2 nitrogen and oxygen atoms in total. The lowest BCUT2D eigenvalue weighted by Crippen LogP contribution is -2.47. The van der Waals surface area contributed by atoms with Gasteiger partial charge in [0, 0.05) is 6.61 Å². The third kappa shape index (κ3) is 3.02. The van der Waals surface area contributed by atoms with Crippen LogP contribution in [0, 0.1) is 0 Å². The Labute approximate surface area is 127 Å². The Morgan fingerprint density at radius 2 is 1.33 bits per heavy atom. The molecule has 2 rings (SSSR count). The van der Waals surface area contributed by atoms with Crippen molar-refractivity contribution in [1.82, 2.24) is 0 Å². The van der Waals surface area contributed by atoms with Crippen LogP contribution in [0.25, 0.3) is 0 Å². The monoisotopic (exact) mass is 284 g/mol. The predicted molar refractivity (Wildman–Crippen MR) is 86.0 cm³/mol. The van der Waals surface area contributed by atoms with Crippen molar-refractivity contribution in [3.05, 3.63) is 71.8 Å². The maximum absolute atomic E-state index is 11.3. The minimum atomic E-state index is -1.12. The van der Waals surface area contributed by atoms with Gasteiger partial charge in [0.25, 0.3) is 0 Å². The molecule has 2 unspecified atom stereocenters. The van der Waals surface area contributed by atoms with Crippen LogP contribution in [0.15, 0.2) is 60.7 Å². The highest BCUT2D eigenvalue weighted by atomic mass is 16.5. The first-order chi connectivity index (χ1) is 10.0. The smallest absolute Gasteiger partial charge is 0.123 e. The lowest BCUT2D eigenvalue weighted by molar-refractivity contribution is -0.179. The molecule has 1 N–H and O–H groups in total. The van der Waals surface area contributed by atoms with Crippen LogP contribution in [-0.2, 0) is 15.9 Å². The molecule has 0 aliphatic heterocycles. The molecule has 2 aromatic rings. The van der Waals surface area contributed by atoms with E-state index >= 15 is 0 Å². The van der Waals surface area contributed by atoms with Crippen molar-refractivity contribution < 1.29 is 9.84 Å². The molecule has 0 saturated carbocycles. The largest absolute Gasteiger partial charge is 0.382 e. The minimum Gasteiger partial charge on any atom is -0.382 e. The zero-order valence-electron chi connectivity index (χ0n) is 13.0. The lowest BCUT2D eigenvalue weighted by Gasteiger charge is -2.43. The molecule has 0 aromatic heterocycles. The highest BCUT2D eigenvalue weighted by Crippen LogP contribution is 2.43. The van der Waals surface area contributed by atoms with Gasteiger partial charge in [-0.15, -0.1) is 0 Å². The Hall–Kier alpha value is -1.64. The van der Waals surface area contributed by atoms with E-state index in [9.17, 15) is 5.11 Å². The van der Waals surface area contributed by atoms with E-state index < -0.39 is 11.2 Å². The first-order valence-corrected chi connectivity index (χ1v) is 7.49. The Morgan fingerprint density at radius 3 is 1.81 bits per heavy atom. The van der Waals surface area contributed by atoms with Crippen molar-refractivity contribution in [2.45, 2.75) is 38.4 Å². The first-order valence-electron chi connectivity index (χ1n) is 7.49. The maximum atomic E-state index is 11.3. The van der Waals surface area contributed by atoms with Gasteiger partial charge in [0.2, 0.25) is 0 Å². The van der Waals surface area contributed by atoms with E-state index in [2.05, 4.69) is 6.92 Å². The van der Waals surface area contributed by atoms with Crippen molar-refractivity contribution in [1.29, 1.82) is 0 Å². The summed E-state index contributed by atoms with van der Waals surface area (Å²) < 4.78 is 6.13. The van der Waals surface area contributed by atoms with Gasteiger partial charge in [-0.05, 0) is 31.4 Å². The number of aliphatic hydroxyl groups is 1. The van der Waals surface area contributed by atoms with Crippen LogP contribution in [0.3, 0.4) is 0 Å². The van der Waals surface area contributed by atoms with E-state index in [1.165, 1.54) is 0 Å². The number of rotatable bonds is 6. The van der Waals surface area contributed by atoms with Crippen molar-refractivity contribution in [2.24, 2.45) is 0 Å². The summed E-state index contributed by atoms with van der Waals surface area (Å²) in [7, 11) is 0. The summed E-state index contributed by atoms with van der Waals surface area (Å²) in [5.74, 6) is 0. The second kappa shape index (κ2) is 6.42. The minimum absolute atomic E-state index is 0.606. The average Bonchev–Trinajstić information content (AvgIpc) is 2.54. The molecule has 0 amide bonds. The number of benzene rings is 2. The molecule has 0 bridgehead atoms. The molecule has 2 aromatic carbocycles. The third-order valence-electron chi connectivity index (χ3n) is 4.18. The number of hydrogen-bond donors (Lipinski definition) is 1. The van der Waals surface area contributed by atoms with Gasteiger partial charge in [0.05, 0.1) is 0 Å². The molecule has 0 fully saturated rings. The molecule has 0 radical (unpaired) electrons. The van der Waals surface area contributed by atoms with Crippen LogP contribution in [0.4, 0.5) is 0 Å². The zero-order chi connectivity index (χ0) is 15.3. The van der Waals surface area contributed by atoms with Gasteiger partial charge in [-0.1, -0.05) is 67.6 Å². The molecule has 21 heavy (non-hydrogen) atoms. The van der Waals surface area contributed by atoms with E-state index in [-0.39, 0.29) is 0 Å². The summed E-state index contributed by atoms with van der Waals surface area (Å²) in [5, 5.41) is 11.3. The molecule has 0 spiro atoms. The fraction of sp³-hybridized carbons (Fsp3) is 0.368. The Morgan fingerprint density at radius 1 is 0.857 bits per heavy atom. The maximum Gasteiger partial charge on any atom is 0.123 e. The van der Waals surface area contributed by atoms with E-state index in [1.807, 2.05) is 74.5 Å². The van der Waals surface area contributed by atoms with Crippen LogP contribution in [0.2, 0.25) is 0 Å². The van der Waals surface area contributed by atoms with Gasteiger partial charge < -0.3 is 9.84 Å². The summed E-state index contributed by atoms with van der Waals surface area (Å²) in [6, 6.07) is 19.7. The Kier molecular flexibility index (Phi) is 4.81. The van der Waals surface area contributed by atoms with Crippen LogP contribution in [-0.4, -0.2) is 11.7 Å². The second-order valence-electron chi connectivity index (χ2n) is 5.69. The molecular formula is C19H24O2. The second-order valence-corrected chi connectivity index (χ2v) is 5.69. The van der Waals surface area contributed by atoms with Crippen LogP contribution >= 0.6 is 0 Å². The summed E-state index contributed by atoms with van der Waals surface area (Å²) in [6.45, 7) is 6.47. The quantitative estimate of drug-likeness (QED) is 0.860. The third-order valence-corrected chi connectivity index (χ3v) is 4.18. The zero-order valence-corrected chi connectivity index (χ0v) is 13.0. The summed E-state index contributed by atoms with van der Waals surface area (Å²) >= 11 is 0. The van der Waals surface area contributed by atoms with Crippen LogP contribution < -0.4 is 0 Å². The molecule has 0 heterocycles. The highest BCUT2D eigenvalue weighted by molar-refractivity contribution is 5.32. The summed E-state index contributed by atoms with van der Waals surface area (Å²) in [5.41, 5.74) is -0.0871. The fourth-order valence-electron chi connectivity index (χ4n) is 2.61. The first kappa shape index (κ1) is 15.7. The van der Waals surface area contributed by atoms with E-state index in [1.54, 1.807) is 0 Å². The highest BCUT2D eigenvalue weighted by Gasteiger charge is 2.46. The van der Waals surface area contributed by atoms with Crippen molar-refractivity contribution in [2.75, 3.05) is 6.61 Å². The molecular weight excluding hydrogens is 260 g/mol. The molecule has 0 aliphatic carbocycles. The topological polar surface area (TPSA) is 29.5 Å². The van der Waals surface area contributed by atoms with Crippen LogP contribution in [0.1, 0.15) is 38.3 Å². The normalized spacial score (nSPS) is 17.0. The summed E-state index contributed by atoms with van der Waals surface area (Å²) in [6.07, 6.45) is 0.910. The molecule has 0 saturated heterocycles. The number of ether oxygens (including phenoxy) is 1. The molecule has 2 heteroatoms. The molecule has 2 atom stereocenters. The van der Waals surface area contributed by atoms with Gasteiger partial charge >= 0.3 is 0 Å². The van der Waals surface area contributed by atoms with Gasteiger partial charge in [-0.25, -0.2) is 0 Å². The van der Waals surface area contributed by atoms with Crippen molar-refractivity contribution >= 4 is 0 Å². The van der Waals surface area contributed by atoms with Gasteiger partial charge in [-0.2, -0.15) is 0 Å². The van der Waals surface area contributed by atoms with Gasteiger partial charge in [-0.3, -0.25) is 0 Å². The van der Waals surface area contributed by atoms with Crippen molar-refractivity contribution in [3.63, 3.8) is 0 Å². The van der Waals surface area contributed by atoms with Gasteiger partial charge in [0.1, 0.15) is 11.2 Å². The standard InChI is InChI=1S/C19H24O2/c1-4-15-21-19(3,17-13-9-6-10-14-17)18(2,20)16-11-7-5-8-12-16/h5-14,20H,4,15H2,1-3H3. The molecule has 0 aliphatic rings. The molecule has 112 valence electrons. The Bertz CT molecular complexity index is 548. The fourth-order valence-corrected chi connectivity index (χ4v) is 2.61. The van der Waals surface area contributed by atoms with E-state index in [4.69, 9.17) is 4.74 Å². The van der Waals surface area contributed by atoms with E-state index in [0.717, 1.165) is 17.5 Å². The SMILES string of the molecule is CCCOC(C)(c1ccccc1)C(C)(O)c1ccccc1. The predicted octanol–water partition coefficient (Wildman–Crippen LogP) is 4.24. The Balaban J connectivity index is 2.49. The van der Waals surface area contributed by atoms with E-state index in [0.29, 0.717) is 6.61 Å². The lowest BCUT2D eigenvalue weighted by atomic mass is 9.75. The van der Waals surface area contributed by atoms with Crippen molar-refractivity contribution in [3.8, 4) is 0 Å². The van der Waals surface area contributed by atoms with Gasteiger partial charge in [0.15, 0.2) is 0 Å². The number of hydrogen-bond acceptors (Lipinski definition) is 2.